The fourth-order valence-corrected chi connectivity index (χ4v) is 5.44. The Morgan fingerprint density at radius 1 is 0.923 bits per heavy atom. The van der Waals surface area contributed by atoms with Crippen LogP contribution in [-0.2, 0) is 7.05 Å². The summed E-state index contributed by atoms with van der Waals surface area (Å²) in [7, 11) is 3.84. The molecular weight excluding hydrogens is 482 g/mol. The molecule has 3 aliphatic rings. The molecule has 0 unspecified atom stereocenters. The third-order valence-corrected chi connectivity index (χ3v) is 8.36. The molecule has 0 spiro atoms. The Kier molecular flexibility index (Phi) is 7.33. The molecule has 1 saturated heterocycles. The minimum Gasteiger partial charge on any atom is -0.373 e. The summed E-state index contributed by atoms with van der Waals surface area (Å²) in [6.07, 6.45) is 14.9. The van der Waals surface area contributed by atoms with Crippen molar-refractivity contribution in [1.82, 2.24) is 24.6 Å². The Labute approximate surface area is 231 Å². The van der Waals surface area contributed by atoms with Crippen LogP contribution >= 0.6 is 0 Å². The van der Waals surface area contributed by atoms with E-state index in [2.05, 4.69) is 79.6 Å². The summed E-state index contributed by atoms with van der Waals surface area (Å²) in [5, 5.41) is 9.69. The number of pyridine rings is 2. The van der Waals surface area contributed by atoms with Crippen LogP contribution in [0.15, 0.2) is 60.6 Å². The molecule has 1 aliphatic heterocycles. The molecule has 0 atom stereocenters. The first kappa shape index (κ1) is 25.6. The van der Waals surface area contributed by atoms with Crippen LogP contribution in [0.5, 0.6) is 0 Å². The monoisotopic (exact) mass is 521 g/mol. The van der Waals surface area contributed by atoms with Gasteiger partial charge >= 0.3 is 0 Å². The highest BCUT2D eigenvalue weighted by Gasteiger charge is 2.31. The number of aryl methyl sites for hydroxylation is 1. The van der Waals surface area contributed by atoms with Gasteiger partial charge in [-0.15, -0.1) is 0 Å². The van der Waals surface area contributed by atoms with Gasteiger partial charge in [-0.05, 0) is 79.8 Å². The maximum atomic E-state index is 4.58. The van der Waals surface area contributed by atoms with Gasteiger partial charge in [0.1, 0.15) is 11.6 Å². The van der Waals surface area contributed by atoms with Crippen LogP contribution < -0.4 is 10.2 Å². The molecule has 7 nitrogen and oxygen atoms in total. The van der Waals surface area contributed by atoms with Crippen LogP contribution in [0.4, 0.5) is 11.6 Å². The van der Waals surface area contributed by atoms with Crippen molar-refractivity contribution in [3.63, 3.8) is 0 Å². The summed E-state index contributed by atoms with van der Waals surface area (Å²) in [4.78, 5) is 14.0. The van der Waals surface area contributed by atoms with Gasteiger partial charge in [-0.1, -0.05) is 23.8 Å². The molecule has 39 heavy (non-hydrogen) atoms. The first-order chi connectivity index (χ1) is 19.1. The van der Waals surface area contributed by atoms with Gasteiger partial charge in [-0.25, -0.2) is 9.97 Å². The Morgan fingerprint density at radius 3 is 2.41 bits per heavy atom. The standard InChI is InChI=1S/C17H23N3.C15H16N4/c1-2-14(3-1)12-15-6-7-18-17(13-15)20-10-8-19(9-11-20)16-4-5-16;1-10-14(9-18-19(10)3)11-4-5-12-8-17-15(16-2)7-13(12)6-11/h6-7,12-13,16H,1-5,8-11H2;4-9H,1-3H3,(H,16,17). The normalized spacial score (nSPS) is 17.4. The first-order valence-corrected chi connectivity index (χ1v) is 14.3. The number of allylic oxidation sites excluding steroid dienone is 1. The smallest absolute Gasteiger partial charge is 0.129 e. The van der Waals surface area contributed by atoms with Crippen molar-refractivity contribution in [1.29, 1.82) is 0 Å². The number of rotatable bonds is 5. The zero-order chi connectivity index (χ0) is 26.8. The third kappa shape index (κ3) is 5.83. The average Bonchev–Trinajstić information content (AvgIpc) is 3.75. The van der Waals surface area contributed by atoms with Gasteiger partial charge in [0.2, 0.25) is 0 Å². The van der Waals surface area contributed by atoms with Gasteiger partial charge in [0.05, 0.1) is 6.20 Å². The van der Waals surface area contributed by atoms with Crippen molar-refractivity contribution in [3.8, 4) is 11.1 Å². The molecule has 1 N–H and O–H groups in total. The molecule has 2 saturated carbocycles. The first-order valence-electron chi connectivity index (χ1n) is 14.3. The number of nitrogens with zero attached hydrogens (tertiary/aromatic N) is 6. The summed E-state index contributed by atoms with van der Waals surface area (Å²) in [6, 6.07) is 13.8. The van der Waals surface area contributed by atoms with Gasteiger partial charge in [0.25, 0.3) is 0 Å². The molecular formula is C32H39N7. The maximum Gasteiger partial charge on any atom is 0.129 e. The molecule has 3 fully saturated rings. The van der Waals surface area contributed by atoms with E-state index in [1.54, 1.807) is 5.57 Å². The van der Waals surface area contributed by atoms with Crippen molar-refractivity contribution in [2.24, 2.45) is 7.05 Å². The molecule has 7 heteroatoms. The number of piperazine rings is 1. The van der Waals surface area contributed by atoms with Crippen LogP contribution in [0.25, 0.3) is 28.0 Å². The summed E-state index contributed by atoms with van der Waals surface area (Å²) in [6.45, 7) is 6.75. The lowest BCUT2D eigenvalue weighted by Crippen LogP contribution is -2.47. The molecule has 1 aromatic carbocycles. The average molecular weight is 522 g/mol. The SMILES string of the molecule is C(=C1CCC1)c1ccnc(N2CCN(C3CC3)CC2)c1.CNc1cc2cc(-c3cnn(C)c3C)ccc2cn1. The lowest BCUT2D eigenvalue weighted by molar-refractivity contribution is 0.247. The molecule has 7 rings (SSSR count). The summed E-state index contributed by atoms with van der Waals surface area (Å²) >= 11 is 0. The molecule has 2 aliphatic carbocycles. The molecule has 3 aromatic heterocycles. The topological polar surface area (TPSA) is 62.1 Å². The van der Waals surface area contributed by atoms with Crippen molar-refractivity contribution in [3.05, 3.63) is 71.8 Å². The molecule has 0 amide bonds. The summed E-state index contributed by atoms with van der Waals surface area (Å²) < 4.78 is 1.89. The molecule has 4 aromatic rings. The Morgan fingerprint density at radius 2 is 1.74 bits per heavy atom. The van der Waals surface area contributed by atoms with E-state index in [-0.39, 0.29) is 0 Å². The van der Waals surface area contributed by atoms with Gasteiger partial charge in [0.15, 0.2) is 0 Å². The minimum atomic E-state index is 0.882. The number of fused-ring (bicyclic) bond motifs is 1. The highest BCUT2D eigenvalue weighted by Crippen LogP contribution is 2.30. The van der Waals surface area contributed by atoms with E-state index >= 15 is 0 Å². The van der Waals surface area contributed by atoms with Gasteiger partial charge < -0.3 is 10.2 Å². The van der Waals surface area contributed by atoms with Crippen molar-refractivity contribution < 1.29 is 0 Å². The number of hydrogen-bond acceptors (Lipinski definition) is 6. The number of nitrogens with one attached hydrogen (secondary N) is 1. The Balaban J connectivity index is 0.000000142. The van der Waals surface area contributed by atoms with Crippen molar-refractivity contribution in [2.75, 3.05) is 43.4 Å². The number of aromatic nitrogens is 4. The van der Waals surface area contributed by atoms with Crippen LogP contribution in [0.2, 0.25) is 0 Å². The lowest BCUT2D eigenvalue weighted by atomic mass is 9.91. The molecule has 0 bridgehead atoms. The van der Waals surface area contributed by atoms with Crippen LogP contribution in [0.1, 0.15) is 43.4 Å². The zero-order valence-corrected chi connectivity index (χ0v) is 23.4. The van der Waals surface area contributed by atoms with Crippen LogP contribution in [-0.4, -0.2) is 63.9 Å². The van der Waals surface area contributed by atoms with E-state index < -0.39 is 0 Å². The van der Waals surface area contributed by atoms with Crippen LogP contribution in [0, 0.1) is 6.92 Å². The maximum absolute atomic E-state index is 4.58. The van der Waals surface area contributed by atoms with Gasteiger partial charge in [-0.2, -0.15) is 5.10 Å². The van der Waals surface area contributed by atoms with Crippen molar-refractivity contribution in [2.45, 2.75) is 45.1 Å². The van der Waals surface area contributed by atoms with Crippen LogP contribution in [0.3, 0.4) is 0 Å². The van der Waals surface area contributed by atoms with E-state index in [1.165, 1.54) is 73.0 Å². The van der Waals surface area contributed by atoms with E-state index in [4.69, 9.17) is 0 Å². The fraction of sp³-hybridized carbons (Fsp3) is 0.406. The summed E-state index contributed by atoms with van der Waals surface area (Å²) in [5.41, 5.74) is 6.45. The Hall–Kier alpha value is -3.71. The van der Waals surface area contributed by atoms with E-state index in [0.717, 1.165) is 36.2 Å². The number of hydrogen-bond donors (Lipinski definition) is 1. The summed E-state index contributed by atoms with van der Waals surface area (Å²) in [5.74, 6) is 2.04. The van der Waals surface area contributed by atoms with E-state index in [1.807, 2.05) is 37.4 Å². The molecule has 202 valence electrons. The van der Waals surface area contributed by atoms with Gasteiger partial charge in [0, 0.05) is 75.4 Å². The predicted octanol–water partition coefficient (Wildman–Crippen LogP) is 5.92. The predicted molar refractivity (Wildman–Crippen MR) is 161 cm³/mol. The Bertz CT molecular complexity index is 1470. The second kappa shape index (κ2) is 11.2. The lowest BCUT2D eigenvalue weighted by Gasteiger charge is -2.35. The van der Waals surface area contributed by atoms with E-state index in [0.29, 0.717) is 0 Å². The molecule has 4 heterocycles. The second-order valence-corrected chi connectivity index (χ2v) is 11.0. The number of benzene rings is 1. The number of anilines is 2. The highest BCUT2D eigenvalue weighted by atomic mass is 15.3. The van der Waals surface area contributed by atoms with Gasteiger partial charge in [-0.3, -0.25) is 9.58 Å². The largest absolute Gasteiger partial charge is 0.373 e. The third-order valence-electron chi connectivity index (χ3n) is 8.36. The van der Waals surface area contributed by atoms with E-state index in [9.17, 15) is 0 Å². The zero-order valence-electron chi connectivity index (χ0n) is 23.4. The molecule has 0 radical (unpaired) electrons. The fourth-order valence-electron chi connectivity index (χ4n) is 5.44. The minimum absolute atomic E-state index is 0.882. The quantitative estimate of drug-likeness (QED) is 0.352. The highest BCUT2D eigenvalue weighted by molar-refractivity contribution is 5.88. The van der Waals surface area contributed by atoms with Crippen molar-refractivity contribution >= 4 is 28.5 Å². The second-order valence-electron chi connectivity index (χ2n) is 11.0.